The molecule has 12 heavy (non-hydrogen) atoms. The van der Waals surface area contributed by atoms with Crippen molar-refractivity contribution >= 4 is 5.78 Å². The first-order valence-electron chi connectivity index (χ1n) is 4.53. The minimum absolute atomic E-state index is 0.0811. The number of ether oxygens (including phenoxy) is 1. The molecule has 0 amide bonds. The van der Waals surface area contributed by atoms with Gasteiger partial charge in [0, 0.05) is 5.92 Å². The zero-order valence-corrected chi connectivity index (χ0v) is 8.39. The molecule has 0 aromatic carbocycles. The fourth-order valence-corrected chi connectivity index (χ4v) is 1.60. The van der Waals surface area contributed by atoms with E-state index in [1.54, 1.807) is 6.92 Å². The summed E-state index contributed by atoms with van der Waals surface area (Å²) in [7, 11) is 0. The van der Waals surface area contributed by atoms with Gasteiger partial charge in [-0.15, -0.1) is 0 Å². The monoisotopic (exact) mass is 170 g/mol. The van der Waals surface area contributed by atoms with Crippen molar-refractivity contribution in [1.29, 1.82) is 0 Å². The maximum atomic E-state index is 11.3. The predicted molar refractivity (Wildman–Crippen MR) is 48.0 cm³/mol. The highest BCUT2D eigenvalue weighted by molar-refractivity contribution is 5.79. The van der Waals surface area contributed by atoms with Crippen LogP contribution < -0.4 is 0 Å². The van der Waals surface area contributed by atoms with Crippen molar-refractivity contribution < 1.29 is 9.53 Å². The van der Waals surface area contributed by atoms with Crippen LogP contribution in [0.25, 0.3) is 0 Å². The topological polar surface area (TPSA) is 29.6 Å². The lowest BCUT2D eigenvalue weighted by Crippen LogP contribution is -2.28. The lowest BCUT2D eigenvalue weighted by molar-refractivity contribution is -0.124. The Hall–Kier alpha value is -0.370. The highest BCUT2D eigenvalue weighted by Crippen LogP contribution is 2.33. The first kappa shape index (κ1) is 9.72. The van der Waals surface area contributed by atoms with Crippen molar-refractivity contribution in [3.05, 3.63) is 0 Å². The second-order valence-electron chi connectivity index (χ2n) is 4.72. The molecule has 1 aliphatic rings. The number of carbonyl (C=O) groups is 1. The van der Waals surface area contributed by atoms with Crippen LogP contribution in [0.4, 0.5) is 0 Å². The molecule has 1 unspecified atom stereocenters. The summed E-state index contributed by atoms with van der Waals surface area (Å²) in [5.74, 6) is 0.447. The van der Waals surface area contributed by atoms with E-state index in [0.717, 1.165) is 13.0 Å². The molecule has 2 nitrogen and oxygen atoms in total. The van der Waals surface area contributed by atoms with Gasteiger partial charge in [0.1, 0.15) is 5.78 Å². The molecule has 0 aliphatic carbocycles. The molecule has 0 saturated carbocycles. The van der Waals surface area contributed by atoms with E-state index in [1.165, 1.54) is 0 Å². The van der Waals surface area contributed by atoms with Gasteiger partial charge in [-0.25, -0.2) is 0 Å². The van der Waals surface area contributed by atoms with Gasteiger partial charge in [0.25, 0.3) is 0 Å². The van der Waals surface area contributed by atoms with Gasteiger partial charge < -0.3 is 4.74 Å². The van der Waals surface area contributed by atoms with Gasteiger partial charge in [-0.1, -0.05) is 20.8 Å². The van der Waals surface area contributed by atoms with Crippen LogP contribution in [0, 0.1) is 11.3 Å². The van der Waals surface area contributed by atoms with Gasteiger partial charge in [-0.3, -0.25) is 4.79 Å². The zero-order valence-electron chi connectivity index (χ0n) is 8.39. The van der Waals surface area contributed by atoms with Crippen LogP contribution in [0.5, 0.6) is 0 Å². The van der Waals surface area contributed by atoms with Gasteiger partial charge in [-0.2, -0.15) is 0 Å². The minimum Gasteiger partial charge on any atom is -0.373 e. The van der Waals surface area contributed by atoms with Gasteiger partial charge in [0.15, 0.2) is 0 Å². The average molecular weight is 170 g/mol. The highest BCUT2D eigenvalue weighted by atomic mass is 16.6. The molecule has 2 heteroatoms. The third-order valence-corrected chi connectivity index (χ3v) is 2.44. The van der Waals surface area contributed by atoms with Gasteiger partial charge in [0.05, 0.1) is 12.7 Å². The average Bonchev–Trinajstić information content (AvgIpc) is 2.61. The zero-order chi connectivity index (χ0) is 9.35. The van der Waals surface area contributed by atoms with E-state index in [9.17, 15) is 4.79 Å². The van der Waals surface area contributed by atoms with Crippen LogP contribution in [0.1, 0.15) is 34.1 Å². The Morgan fingerprint density at radius 2 is 2.08 bits per heavy atom. The Labute approximate surface area is 74.3 Å². The Morgan fingerprint density at radius 3 is 2.33 bits per heavy atom. The van der Waals surface area contributed by atoms with E-state index in [1.807, 2.05) is 0 Å². The van der Waals surface area contributed by atoms with Crippen LogP contribution in [0.2, 0.25) is 0 Å². The summed E-state index contributed by atoms with van der Waals surface area (Å²) >= 11 is 0. The van der Waals surface area contributed by atoms with Gasteiger partial charge in [0.2, 0.25) is 0 Å². The summed E-state index contributed by atoms with van der Waals surface area (Å²) < 4.78 is 5.13. The van der Waals surface area contributed by atoms with Crippen molar-refractivity contribution in [1.82, 2.24) is 0 Å². The summed E-state index contributed by atoms with van der Waals surface area (Å²) in [6.07, 6.45) is 1.26. The van der Waals surface area contributed by atoms with Crippen LogP contribution in [-0.4, -0.2) is 18.5 Å². The van der Waals surface area contributed by atoms with Gasteiger partial charge in [-0.05, 0) is 18.8 Å². The van der Waals surface area contributed by atoms with Gasteiger partial charge >= 0.3 is 0 Å². The van der Waals surface area contributed by atoms with Crippen molar-refractivity contribution in [2.45, 2.75) is 40.2 Å². The molecule has 0 aromatic rings. The molecule has 2 atom stereocenters. The van der Waals surface area contributed by atoms with Crippen LogP contribution >= 0.6 is 0 Å². The summed E-state index contributed by atoms with van der Waals surface area (Å²) in [5, 5.41) is 0. The quantitative estimate of drug-likeness (QED) is 0.606. The summed E-state index contributed by atoms with van der Waals surface area (Å²) in [5.41, 5.74) is 0.0811. The molecule has 0 spiro atoms. The normalized spacial score (nSPS) is 25.2. The Bertz CT molecular complexity index is 175. The van der Waals surface area contributed by atoms with E-state index in [-0.39, 0.29) is 17.1 Å². The first-order chi connectivity index (χ1) is 5.41. The molecule has 0 N–H and O–H groups in total. The Kier molecular flexibility index (Phi) is 2.57. The molecule has 1 aliphatic heterocycles. The molecule has 1 fully saturated rings. The number of hydrogen-bond acceptors (Lipinski definition) is 2. The van der Waals surface area contributed by atoms with Crippen molar-refractivity contribution in [3.8, 4) is 0 Å². The van der Waals surface area contributed by atoms with E-state index >= 15 is 0 Å². The third kappa shape index (κ3) is 2.59. The van der Waals surface area contributed by atoms with E-state index < -0.39 is 0 Å². The second kappa shape index (κ2) is 3.17. The molecular formula is C10H18O2. The van der Waals surface area contributed by atoms with Crippen molar-refractivity contribution in [2.75, 3.05) is 6.61 Å². The van der Waals surface area contributed by atoms with E-state index in [4.69, 9.17) is 4.74 Å². The lowest BCUT2D eigenvalue weighted by Gasteiger charge is -2.27. The van der Waals surface area contributed by atoms with Crippen molar-refractivity contribution in [3.63, 3.8) is 0 Å². The maximum Gasteiger partial charge on any atom is 0.133 e. The molecule has 0 bridgehead atoms. The Balaban J connectivity index is 2.53. The predicted octanol–water partition coefficient (Wildman–Crippen LogP) is 2.03. The molecular weight excluding hydrogens is 152 g/mol. The molecule has 1 rings (SSSR count). The third-order valence-electron chi connectivity index (χ3n) is 2.44. The van der Waals surface area contributed by atoms with Crippen LogP contribution in [-0.2, 0) is 9.53 Å². The number of ketones is 1. The fourth-order valence-electron chi connectivity index (χ4n) is 1.60. The molecule has 1 saturated heterocycles. The highest BCUT2D eigenvalue weighted by Gasteiger charge is 2.35. The summed E-state index contributed by atoms with van der Waals surface area (Å²) in [4.78, 5) is 11.3. The van der Waals surface area contributed by atoms with Crippen LogP contribution in [0.3, 0.4) is 0 Å². The number of carbonyl (C=O) groups excluding carboxylic acids is 1. The maximum absolute atomic E-state index is 11.3. The first-order valence-corrected chi connectivity index (χ1v) is 4.53. The largest absolute Gasteiger partial charge is 0.373 e. The van der Waals surface area contributed by atoms with Crippen LogP contribution in [0.15, 0.2) is 0 Å². The fraction of sp³-hybridized carbons (Fsp3) is 0.900. The number of epoxide rings is 1. The summed E-state index contributed by atoms with van der Waals surface area (Å²) in [6, 6.07) is 0. The minimum atomic E-state index is 0.0811. The number of Topliss-reactive ketones (excluding diaryl/α,β-unsaturated/α-hetero) is 1. The Morgan fingerprint density at radius 1 is 1.58 bits per heavy atom. The molecule has 0 radical (unpaired) electrons. The molecule has 1 heterocycles. The molecule has 70 valence electrons. The number of rotatable bonds is 3. The van der Waals surface area contributed by atoms with E-state index in [2.05, 4.69) is 20.8 Å². The van der Waals surface area contributed by atoms with Crippen molar-refractivity contribution in [2.24, 2.45) is 11.3 Å². The second-order valence-corrected chi connectivity index (χ2v) is 4.72. The smallest absolute Gasteiger partial charge is 0.133 e. The SMILES string of the molecule is CC(=O)[C@H](CC1CO1)C(C)(C)C. The lowest BCUT2D eigenvalue weighted by atomic mass is 9.76. The number of hydrogen-bond donors (Lipinski definition) is 0. The summed E-state index contributed by atoms with van der Waals surface area (Å²) in [6.45, 7) is 8.86. The standard InChI is InChI=1S/C10H18O2/c1-7(11)9(10(2,3)4)5-8-6-12-8/h8-9H,5-6H2,1-4H3/t8?,9-/m0/s1. The molecule has 0 aromatic heterocycles. The van der Waals surface area contributed by atoms with E-state index in [0.29, 0.717) is 6.10 Å².